The van der Waals surface area contributed by atoms with Crippen LogP contribution < -0.4 is 15.2 Å². The van der Waals surface area contributed by atoms with Gasteiger partial charge in [0.05, 0.1) is 19.2 Å². The number of methoxy groups -OCH3 is 2. The smallest absolute Gasteiger partial charge is 0.179 e. The molecule has 5 heteroatoms. The van der Waals surface area contributed by atoms with Gasteiger partial charge >= 0.3 is 0 Å². The second kappa shape index (κ2) is 6.78. The quantitative estimate of drug-likeness (QED) is 0.816. The molecule has 0 aromatic heterocycles. The molecule has 1 aromatic rings. The summed E-state index contributed by atoms with van der Waals surface area (Å²) >= 11 is 6.15. The Morgan fingerprint density at radius 2 is 1.89 bits per heavy atom. The number of carbonyl (C=O) groups is 1. The fourth-order valence-electron chi connectivity index (χ4n) is 2.09. The van der Waals surface area contributed by atoms with Crippen molar-refractivity contribution in [2.75, 3.05) is 20.8 Å². The van der Waals surface area contributed by atoms with Gasteiger partial charge in [-0.2, -0.15) is 0 Å². The van der Waals surface area contributed by atoms with Crippen LogP contribution in [0, 0.1) is 0 Å². The van der Waals surface area contributed by atoms with Gasteiger partial charge in [-0.1, -0.05) is 25.4 Å². The van der Waals surface area contributed by atoms with E-state index in [1.165, 1.54) is 14.2 Å². The minimum Gasteiger partial charge on any atom is -0.492 e. The van der Waals surface area contributed by atoms with E-state index >= 15 is 0 Å². The van der Waals surface area contributed by atoms with Crippen LogP contribution in [-0.4, -0.2) is 26.5 Å². The highest BCUT2D eigenvalue weighted by Gasteiger charge is 2.24. The average molecular weight is 286 g/mol. The van der Waals surface area contributed by atoms with E-state index in [0.717, 1.165) is 5.56 Å². The molecule has 0 spiro atoms. The van der Waals surface area contributed by atoms with Crippen LogP contribution in [0.1, 0.15) is 42.1 Å². The summed E-state index contributed by atoms with van der Waals surface area (Å²) in [5.74, 6) is 1.05. The number of rotatable bonds is 6. The first-order valence-electron chi connectivity index (χ1n) is 6.15. The molecule has 0 bridgehead atoms. The third kappa shape index (κ3) is 3.19. The molecular formula is C14H20ClNO3. The van der Waals surface area contributed by atoms with E-state index in [2.05, 4.69) is 0 Å². The van der Waals surface area contributed by atoms with Crippen molar-refractivity contribution in [1.29, 1.82) is 0 Å². The van der Waals surface area contributed by atoms with E-state index in [9.17, 15) is 4.79 Å². The summed E-state index contributed by atoms with van der Waals surface area (Å²) in [6, 6.07) is 1.64. The SMILES string of the molecule is COc1c(Cl)cc(C(=O)CCN)c(C(C)C)c1OC. The maximum Gasteiger partial charge on any atom is 0.179 e. The summed E-state index contributed by atoms with van der Waals surface area (Å²) in [4.78, 5) is 12.2. The van der Waals surface area contributed by atoms with Crippen molar-refractivity contribution in [2.24, 2.45) is 5.73 Å². The van der Waals surface area contributed by atoms with Crippen molar-refractivity contribution in [3.8, 4) is 11.5 Å². The molecule has 0 amide bonds. The third-order valence-electron chi connectivity index (χ3n) is 2.89. The second-order valence-electron chi connectivity index (χ2n) is 4.50. The minimum atomic E-state index is -0.0333. The Labute approximate surface area is 118 Å². The second-order valence-corrected chi connectivity index (χ2v) is 4.91. The lowest BCUT2D eigenvalue weighted by Crippen LogP contribution is -2.12. The molecule has 0 atom stereocenters. The van der Waals surface area contributed by atoms with Crippen LogP contribution in [0.2, 0.25) is 5.02 Å². The Morgan fingerprint density at radius 1 is 1.32 bits per heavy atom. The number of ether oxygens (including phenoxy) is 2. The Balaban J connectivity index is 3.54. The summed E-state index contributed by atoms with van der Waals surface area (Å²) in [6.07, 6.45) is 0.283. The number of nitrogens with two attached hydrogens (primary N) is 1. The van der Waals surface area contributed by atoms with Crippen LogP contribution in [0.15, 0.2) is 6.07 Å². The summed E-state index contributed by atoms with van der Waals surface area (Å²) in [5.41, 5.74) is 6.81. The van der Waals surface area contributed by atoms with Crippen molar-refractivity contribution >= 4 is 17.4 Å². The molecule has 0 saturated heterocycles. The Morgan fingerprint density at radius 3 is 2.32 bits per heavy atom. The average Bonchev–Trinajstić information content (AvgIpc) is 2.36. The lowest BCUT2D eigenvalue weighted by atomic mass is 9.92. The largest absolute Gasteiger partial charge is 0.492 e. The highest BCUT2D eigenvalue weighted by atomic mass is 35.5. The number of hydrogen-bond donors (Lipinski definition) is 1. The molecule has 0 saturated carbocycles. The topological polar surface area (TPSA) is 61.5 Å². The van der Waals surface area contributed by atoms with E-state index in [-0.39, 0.29) is 18.1 Å². The van der Waals surface area contributed by atoms with Gasteiger partial charge in [0.2, 0.25) is 0 Å². The fraction of sp³-hybridized carbons (Fsp3) is 0.500. The fourth-order valence-corrected chi connectivity index (χ4v) is 2.36. The molecule has 4 nitrogen and oxygen atoms in total. The lowest BCUT2D eigenvalue weighted by molar-refractivity contribution is 0.0983. The van der Waals surface area contributed by atoms with E-state index in [1.54, 1.807) is 6.07 Å². The Kier molecular flexibility index (Phi) is 5.63. The van der Waals surface area contributed by atoms with Gasteiger partial charge in [-0.3, -0.25) is 4.79 Å². The molecule has 106 valence electrons. The van der Waals surface area contributed by atoms with Crippen LogP contribution in [0.3, 0.4) is 0 Å². The van der Waals surface area contributed by atoms with Gasteiger partial charge < -0.3 is 15.2 Å². The number of ketones is 1. The molecule has 0 aliphatic heterocycles. The van der Waals surface area contributed by atoms with Gasteiger partial charge in [0.15, 0.2) is 17.3 Å². The highest BCUT2D eigenvalue weighted by molar-refractivity contribution is 6.32. The van der Waals surface area contributed by atoms with Crippen LogP contribution in [0.25, 0.3) is 0 Å². The first kappa shape index (κ1) is 15.8. The molecule has 0 heterocycles. The van der Waals surface area contributed by atoms with Crippen molar-refractivity contribution in [3.05, 3.63) is 22.2 Å². The van der Waals surface area contributed by atoms with Crippen LogP contribution in [-0.2, 0) is 0 Å². The molecule has 1 rings (SSSR count). The minimum absolute atomic E-state index is 0.0333. The van der Waals surface area contributed by atoms with Gasteiger partial charge in [0.1, 0.15) is 0 Å². The molecule has 0 radical (unpaired) electrons. The number of hydrogen-bond acceptors (Lipinski definition) is 4. The number of Topliss-reactive ketones (excluding diaryl/α,β-unsaturated/α-hetero) is 1. The number of carbonyl (C=O) groups excluding carboxylic acids is 1. The Hall–Kier alpha value is -1.26. The molecule has 0 fully saturated rings. The molecule has 0 aliphatic rings. The first-order valence-corrected chi connectivity index (χ1v) is 6.53. The molecule has 19 heavy (non-hydrogen) atoms. The molecular weight excluding hydrogens is 266 g/mol. The summed E-state index contributed by atoms with van der Waals surface area (Å²) in [6.45, 7) is 4.29. The van der Waals surface area contributed by atoms with Gasteiger partial charge in [0.25, 0.3) is 0 Å². The predicted octanol–water partition coefficient (Wildman–Crippen LogP) is 3.01. The zero-order valence-corrected chi connectivity index (χ0v) is 12.5. The van der Waals surface area contributed by atoms with Crippen molar-refractivity contribution in [1.82, 2.24) is 0 Å². The normalized spacial score (nSPS) is 10.7. The van der Waals surface area contributed by atoms with Gasteiger partial charge in [0, 0.05) is 17.5 Å². The van der Waals surface area contributed by atoms with Crippen molar-refractivity contribution < 1.29 is 14.3 Å². The maximum atomic E-state index is 12.2. The predicted molar refractivity (Wildman–Crippen MR) is 76.6 cm³/mol. The van der Waals surface area contributed by atoms with Gasteiger partial charge in [-0.05, 0) is 18.5 Å². The van der Waals surface area contributed by atoms with Crippen LogP contribution >= 0.6 is 11.6 Å². The summed E-state index contributed by atoms with van der Waals surface area (Å²) < 4.78 is 10.6. The third-order valence-corrected chi connectivity index (χ3v) is 3.17. The van der Waals surface area contributed by atoms with E-state index in [0.29, 0.717) is 28.6 Å². The van der Waals surface area contributed by atoms with Crippen LogP contribution in [0.5, 0.6) is 11.5 Å². The zero-order chi connectivity index (χ0) is 14.6. The molecule has 0 aliphatic carbocycles. The first-order chi connectivity index (χ1) is 8.97. The monoisotopic (exact) mass is 285 g/mol. The molecule has 2 N–H and O–H groups in total. The van der Waals surface area contributed by atoms with E-state index in [1.807, 2.05) is 13.8 Å². The van der Waals surface area contributed by atoms with E-state index in [4.69, 9.17) is 26.8 Å². The number of benzene rings is 1. The molecule has 0 unspecified atom stereocenters. The highest BCUT2D eigenvalue weighted by Crippen LogP contribution is 2.43. The standard InChI is InChI=1S/C14H20ClNO3/c1-8(2)12-9(11(17)5-6-16)7-10(15)13(18-3)14(12)19-4/h7-8H,5-6,16H2,1-4H3. The maximum absolute atomic E-state index is 12.2. The molecule has 1 aromatic carbocycles. The van der Waals surface area contributed by atoms with E-state index < -0.39 is 0 Å². The lowest BCUT2D eigenvalue weighted by Gasteiger charge is -2.20. The zero-order valence-electron chi connectivity index (χ0n) is 11.7. The summed E-state index contributed by atoms with van der Waals surface area (Å²) in [5, 5.41) is 0.365. The van der Waals surface area contributed by atoms with Crippen LogP contribution in [0.4, 0.5) is 0 Å². The Bertz CT molecular complexity index is 472. The summed E-state index contributed by atoms with van der Waals surface area (Å²) in [7, 11) is 3.06. The van der Waals surface area contributed by atoms with Crippen molar-refractivity contribution in [2.45, 2.75) is 26.2 Å². The number of halogens is 1. The van der Waals surface area contributed by atoms with Gasteiger partial charge in [-0.15, -0.1) is 0 Å². The van der Waals surface area contributed by atoms with Crippen molar-refractivity contribution in [3.63, 3.8) is 0 Å². The van der Waals surface area contributed by atoms with Gasteiger partial charge in [-0.25, -0.2) is 0 Å².